The Morgan fingerprint density at radius 2 is 2.00 bits per heavy atom. The number of carboxylic acids is 1. The van der Waals surface area contributed by atoms with Gasteiger partial charge in [-0.25, -0.2) is 0 Å². The zero-order chi connectivity index (χ0) is 15.6. The van der Waals surface area contributed by atoms with Crippen LogP contribution >= 0.6 is 0 Å². The molecule has 5 nitrogen and oxygen atoms in total. The lowest BCUT2D eigenvalue weighted by atomic mass is 9.86. The lowest BCUT2D eigenvalue weighted by Gasteiger charge is -2.19. The van der Waals surface area contributed by atoms with Gasteiger partial charge in [0.2, 0.25) is 11.8 Å². The highest BCUT2D eigenvalue weighted by Gasteiger charge is 2.25. The molecule has 2 rings (SSSR count). The van der Waals surface area contributed by atoms with E-state index in [-0.39, 0.29) is 6.42 Å². The van der Waals surface area contributed by atoms with Crippen molar-refractivity contribution in [3.63, 3.8) is 0 Å². The molecule has 0 atom stereocenters. The molecule has 112 valence electrons. The van der Waals surface area contributed by atoms with Crippen molar-refractivity contribution in [3.05, 3.63) is 35.2 Å². The lowest BCUT2D eigenvalue weighted by molar-refractivity contribution is -0.139. The molecule has 0 spiro atoms. The molecule has 0 aliphatic rings. The first-order chi connectivity index (χ1) is 9.77. The molecule has 0 bridgehead atoms. The number of benzene rings is 1. The van der Waals surface area contributed by atoms with Crippen LogP contribution in [-0.4, -0.2) is 21.3 Å². The molecule has 1 N–H and O–H groups in total. The monoisotopic (exact) mass is 288 g/mol. The van der Waals surface area contributed by atoms with Gasteiger partial charge >= 0.3 is 5.97 Å². The fraction of sp³-hybridized carbons (Fsp3) is 0.438. The Kier molecular flexibility index (Phi) is 4.11. The molecule has 0 unspecified atom stereocenters. The van der Waals surface area contributed by atoms with Crippen molar-refractivity contribution in [1.82, 2.24) is 10.2 Å². The molecule has 2 aromatic rings. The predicted molar refractivity (Wildman–Crippen MR) is 78.9 cm³/mol. The minimum absolute atomic E-state index is 0.0638. The summed E-state index contributed by atoms with van der Waals surface area (Å²) in [5.74, 6) is 0.124. The van der Waals surface area contributed by atoms with Crippen LogP contribution in [0.5, 0.6) is 0 Å². The number of aliphatic carboxylic acids is 1. The van der Waals surface area contributed by atoms with E-state index in [4.69, 9.17) is 9.52 Å². The van der Waals surface area contributed by atoms with Crippen LogP contribution in [0.1, 0.15) is 37.3 Å². The van der Waals surface area contributed by atoms with Crippen LogP contribution in [0.15, 0.2) is 22.6 Å². The van der Waals surface area contributed by atoms with Gasteiger partial charge in [0, 0.05) is 12.0 Å². The number of aryl methyl sites for hydroxylation is 2. The first-order valence-corrected chi connectivity index (χ1v) is 6.89. The van der Waals surface area contributed by atoms with Gasteiger partial charge in [0.1, 0.15) is 0 Å². The topological polar surface area (TPSA) is 76.2 Å². The summed E-state index contributed by atoms with van der Waals surface area (Å²) in [5.41, 5.74) is 2.75. The summed E-state index contributed by atoms with van der Waals surface area (Å²) in [6.45, 7) is 7.79. The second-order valence-corrected chi connectivity index (χ2v) is 6.23. The number of hydrogen-bond acceptors (Lipinski definition) is 4. The number of carbonyl (C=O) groups is 1. The molecule has 0 amide bonds. The van der Waals surface area contributed by atoms with E-state index in [0.29, 0.717) is 18.2 Å². The number of rotatable bonds is 5. The zero-order valence-electron chi connectivity index (χ0n) is 12.8. The molecule has 0 saturated heterocycles. The highest BCUT2D eigenvalue weighted by molar-refractivity contribution is 5.67. The molecule has 1 heterocycles. The van der Waals surface area contributed by atoms with E-state index in [1.54, 1.807) is 0 Å². The minimum Gasteiger partial charge on any atom is -0.481 e. The number of nitrogens with zero attached hydrogens (tertiary/aromatic N) is 2. The first-order valence-electron chi connectivity index (χ1n) is 6.89. The summed E-state index contributed by atoms with van der Waals surface area (Å²) in [5, 5.41) is 17.0. The van der Waals surface area contributed by atoms with E-state index in [1.165, 1.54) is 5.56 Å². The molecule has 0 aliphatic heterocycles. The van der Waals surface area contributed by atoms with Crippen LogP contribution in [0.25, 0.3) is 11.5 Å². The number of carboxylic acid groups (broad SMARTS) is 1. The second kappa shape index (κ2) is 5.68. The van der Waals surface area contributed by atoms with E-state index < -0.39 is 11.4 Å². The lowest BCUT2D eigenvalue weighted by Crippen LogP contribution is -2.19. The molecule has 0 saturated carbocycles. The van der Waals surface area contributed by atoms with Crippen molar-refractivity contribution in [2.75, 3.05) is 0 Å². The Hall–Kier alpha value is -2.17. The number of hydrogen-bond donors (Lipinski definition) is 1. The van der Waals surface area contributed by atoms with E-state index in [0.717, 1.165) is 11.1 Å². The Morgan fingerprint density at radius 1 is 1.29 bits per heavy atom. The molecule has 5 heteroatoms. The van der Waals surface area contributed by atoms with Crippen molar-refractivity contribution in [1.29, 1.82) is 0 Å². The summed E-state index contributed by atoms with van der Waals surface area (Å²) in [4.78, 5) is 10.8. The molecular weight excluding hydrogens is 268 g/mol. The predicted octanol–water partition coefficient (Wildman–Crippen LogP) is 3.40. The van der Waals surface area contributed by atoms with Crippen LogP contribution in [0, 0.1) is 19.3 Å². The molecule has 0 radical (unpaired) electrons. The summed E-state index contributed by atoms with van der Waals surface area (Å²) in [6.07, 6.45) is 0.505. The van der Waals surface area contributed by atoms with Gasteiger partial charge < -0.3 is 9.52 Å². The van der Waals surface area contributed by atoms with Crippen molar-refractivity contribution >= 4 is 5.97 Å². The van der Waals surface area contributed by atoms with E-state index in [1.807, 2.05) is 39.8 Å². The summed E-state index contributed by atoms with van der Waals surface area (Å²) < 4.78 is 5.69. The Morgan fingerprint density at radius 3 is 2.62 bits per heavy atom. The van der Waals surface area contributed by atoms with E-state index in [2.05, 4.69) is 16.3 Å². The van der Waals surface area contributed by atoms with Crippen LogP contribution in [0.2, 0.25) is 0 Å². The Balaban J connectivity index is 2.20. The average molecular weight is 288 g/mol. The number of aromatic nitrogens is 2. The summed E-state index contributed by atoms with van der Waals surface area (Å²) in [6, 6.07) is 6.03. The van der Waals surface area contributed by atoms with E-state index >= 15 is 0 Å². The van der Waals surface area contributed by atoms with Crippen LogP contribution < -0.4 is 0 Å². The van der Waals surface area contributed by atoms with Gasteiger partial charge in [-0.15, -0.1) is 10.2 Å². The molecule has 1 aromatic heterocycles. The van der Waals surface area contributed by atoms with Crippen molar-refractivity contribution in [3.8, 4) is 11.5 Å². The fourth-order valence-corrected chi connectivity index (χ4v) is 2.37. The average Bonchev–Trinajstić information content (AvgIpc) is 2.74. The maximum Gasteiger partial charge on any atom is 0.303 e. The largest absolute Gasteiger partial charge is 0.481 e. The molecule has 1 aromatic carbocycles. The second-order valence-electron chi connectivity index (χ2n) is 6.23. The fourth-order valence-electron chi connectivity index (χ4n) is 2.37. The van der Waals surface area contributed by atoms with E-state index in [9.17, 15) is 4.79 Å². The van der Waals surface area contributed by atoms with Crippen LogP contribution in [0.3, 0.4) is 0 Å². The maximum absolute atomic E-state index is 10.8. The van der Waals surface area contributed by atoms with Crippen molar-refractivity contribution < 1.29 is 14.3 Å². The standard InChI is InChI=1S/C16H20N2O3/c1-10-5-6-12(11(2)7-10)15-18-17-13(21-15)8-16(3,4)9-14(19)20/h5-7H,8-9H2,1-4H3,(H,19,20). The molecular formula is C16H20N2O3. The van der Waals surface area contributed by atoms with Gasteiger partial charge in [0.05, 0.1) is 6.42 Å². The Bertz CT molecular complexity index is 659. The van der Waals surface area contributed by atoms with Gasteiger partial charge in [-0.05, 0) is 30.9 Å². The Labute approximate surface area is 124 Å². The SMILES string of the molecule is Cc1ccc(-c2nnc(CC(C)(C)CC(=O)O)o2)c(C)c1. The minimum atomic E-state index is -0.825. The summed E-state index contributed by atoms with van der Waals surface area (Å²) >= 11 is 0. The third-order valence-electron chi connectivity index (χ3n) is 3.34. The van der Waals surface area contributed by atoms with Gasteiger partial charge in [-0.1, -0.05) is 31.5 Å². The van der Waals surface area contributed by atoms with Gasteiger partial charge in [0.15, 0.2) is 0 Å². The van der Waals surface area contributed by atoms with Crippen LogP contribution in [-0.2, 0) is 11.2 Å². The van der Waals surface area contributed by atoms with Crippen molar-refractivity contribution in [2.24, 2.45) is 5.41 Å². The maximum atomic E-state index is 10.8. The normalized spacial score (nSPS) is 11.6. The van der Waals surface area contributed by atoms with Gasteiger partial charge in [-0.2, -0.15) is 0 Å². The third-order valence-corrected chi connectivity index (χ3v) is 3.34. The molecule has 0 aliphatic carbocycles. The third kappa shape index (κ3) is 3.90. The smallest absolute Gasteiger partial charge is 0.303 e. The first kappa shape index (κ1) is 15.2. The molecule has 21 heavy (non-hydrogen) atoms. The van der Waals surface area contributed by atoms with Gasteiger partial charge in [-0.3, -0.25) is 4.79 Å². The zero-order valence-corrected chi connectivity index (χ0v) is 12.8. The highest BCUT2D eigenvalue weighted by Crippen LogP contribution is 2.28. The highest BCUT2D eigenvalue weighted by atomic mass is 16.4. The van der Waals surface area contributed by atoms with Crippen LogP contribution in [0.4, 0.5) is 0 Å². The molecule has 0 fully saturated rings. The van der Waals surface area contributed by atoms with Gasteiger partial charge in [0.25, 0.3) is 0 Å². The van der Waals surface area contributed by atoms with Crippen molar-refractivity contribution in [2.45, 2.75) is 40.5 Å². The quantitative estimate of drug-likeness (QED) is 0.912. The summed E-state index contributed by atoms with van der Waals surface area (Å²) in [7, 11) is 0.